The molecule has 7 nitrogen and oxygen atoms in total. The Labute approximate surface area is 139 Å². The smallest absolute Gasteiger partial charge is 0.308 e. The number of benzene rings is 1. The third-order valence-corrected chi connectivity index (χ3v) is 4.78. The van der Waals surface area contributed by atoms with Gasteiger partial charge in [0.25, 0.3) is 0 Å². The van der Waals surface area contributed by atoms with E-state index in [9.17, 15) is 18.3 Å². The highest BCUT2D eigenvalue weighted by Gasteiger charge is 2.22. The van der Waals surface area contributed by atoms with Crippen LogP contribution >= 0.6 is 0 Å². The van der Waals surface area contributed by atoms with E-state index >= 15 is 0 Å². The molecule has 0 saturated heterocycles. The summed E-state index contributed by atoms with van der Waals surface area (Å²) in [5, 5.41) is 18.0. The van der Waals surface area contributed by atoms with Crippen LogP contribution in [0.25, 0.3) is 0 Å². The summed E-state index contributed by atoms with van der Waals surface area (Å²) in [5.41, 5.74) is 0.912. The molecule has 1 atom stereocenters. The number of nitrogens with one attached hydrogen (secondary N) is 1. The zero-order chi connectivity index (χ0) is 17.6. The molecule has 0 amide bonds. The van der Waals surface area contributed by atoms with Gasteiger partial charge >= 0.3 is 5.97 Å². The van der Waals surface area contributed by atoms with Crippen LogP contribution in [0.1, 0.15) is 11.3 Å². The second-order valence-electron chi connectivity index (χ2n) is 5.05. The van der Waals surface area contributed by atoms with Crippen molar-refractivity contribution < 1.29 is 18.3 Å². The minimum Gasteiger partial charge on any atom is -0.481 e. The van der Waals surface area contributed by atoms with E-state index in [1.807, 2.05) is 6.07 Å². The maximum Gasteiger partial charge on any atom is 0.308 e. The van der Waals surface area contributed by atoms with E-state index in [2.05, 4.69) is 9.71 Å². The van der Waals surface area contributed by atoms with Gasteiger partial charge < -0.3 is 5.11 Å². The second kappa shape index (κ2) is 7.68. The summed E-state index contributed by atoms with van der Waals surface area (Å²) in [5.74, 6) is -2.05. The average molecular weight is 345 g/mol. The van der Waals surface area contributed by atoms with Gasteiger partial charge in [-0.2, -0.15) is 5.26 Å². The van der Waals surface area contributed by atoms with Gasteiger partial charge in [-0.15, -0.1) is 0 Å². The Morgan fingerprint density at radius 2 is 1.96 bits per heavy atom. The van der Waals surface area contributed by atoms with E-state index in [1.54, 1.807) is 24.4 Å². The Kier molecular flexibility index (Phi) is 5.63. The van der Waals surface area contributed by atoms with Gasteiger partial charge in [0.1, 0.15) is 0 Å². The van der Waals surface area contributed by atoms with Gasteiger partial charge in [0, 0.05) is 24.9 Å². The standard InChI is InChI=1S/C16H15N3O4S/c17-10-12-4-6-15(7-5-12)24(22,23)19-11-13(16(20)21)9-14-3-1-2-8-18-14/h1-8,13,19H,9,11H2,(H,20,21). The average Bonchev–Trinajstić information content (AvgIpc) is 2.59. The summed E-state index contributed by atoms with van der Waals surface area (Å²) in [6, 6.07) is 12.4. The number of nitriles is 1. The van der Waals surface area contributed by atoms with Crippen LogP contribution in [0.3, 0.4) is 0 Å². The van der Waals surface area contributed by atoms with Crippen LogP contribution in [0.2, 0.25) is 0 Å². The lowest BCUT2D eigenvalue weighted by Gasteiger charge is -2.13. The molecule has 2 N–H and O–H groups in total. The quantitative estimate of drug-likeness (QED) is 0.777. The van der Waals surface area contributed by atoms with Gasteiger partial charge in [0.15, 0.2) is 0 Å². The van der Waals surface area contributed by atoms with Crippen molar-refractivity contribution in [2.24, 2.45) is 5.92 Å². The number of rotatable bonds is 7. The summed E-state index contributed by atoms with van der Waals surface area (Å²) in [6.45, 7) is -0.256. The lowest BCUT2D eigenvalue weighted by molar-refractivity contribution is -0.141. The molecule has 8 heteroatoms. The summed E-state index contributed by atoms with van der Waals surface area (Å²) in [4.78, 5) is 15.4. The fourth-order valence-electron chi connectivity index (χ4n) is 2.02. The number of hydrogen-bond donors (Lipinski definition) is 2. The Balaban J connectivity index is 2.07. The van der Waals surface area contributed by atoms with Gasteiger partial charge in [-0.1, -0.05) is 6.07 Å². The number of aliphatic carboxylic acids is 1. The van der Waals surface area contributed by atoms with E-state index in [0.717, 1.165) is 0 Å². The summed E-state index contributed by atoms with van der Waals surface area (Å²) >= 11 is 0. The zero-order valence-corrected chi connectivity index (χ0v) is 13.4. The number of carbonyl (C=O) groups is 1. The Morgan fingerprint density at radius 1 is 1.25 bits per heavy atom. The number of aromatic nitrogens is 1. The van der Waals surface area contributed by atoms with E-state index in [0.29, 0.717) is 11.3 Å². The molecule has 1 aromatic heterocycles. The van der Waals surface area contributed by atoms with Gasteiger partial charge in [0.2, 0.25) is 10.0 Å². The van der Waals surface area contributed by atoms with E-state index in [1.165, 1.54) is 24.3 Å². The van der Waals surface area contributed by atoms with Crippen LogP contribution in [0.5, 0.6) is 0 Å². The second-order valence-corrected chi connectivity index (χ2v) is 6.82. The number of pyridine rings is 1. The number of nitrogens with zero attached hydrogens (tertiary/aromatic N) is 2. The van der Waals surface area contributed by atoms with Crippen molar-refractivity contribution in [2.45, 2.75) is 11.3 Å². The maximum absolute atomic E-state index is 12.2. The molecule has 124 valence electrons. The van der Waals surface area contributed by atoms with E-state index < -0.39 is 21.9 Å². The molecule has 0 aliphatic carbocycles. The molecular formula is C16H15N3O4S. The highest BCUT2D eigenvalue weighted by Crippen LogP contribution is 2.12. The molecule has 1 unspecified atom stereocenters. The number of carboxylic acids is 1. The summed E-state index contributed by atoms with van der Waals surface area (Å²) in [6.07, 6.45) is 1.67. The molecule has 0 aliphatic heterocycles. The maximum atomic E-state index is 12.2. The van der Waals surface area contributed by atoms with Crippen LogP contribution in [-0.2, 0) is 21.2 Å². The SMILES string of the molecule is N#Cc1ccc(S(=O)(=O)NCC(Cc2ccccn2)C(=O)O)cc1. The largest absolute Gasteiger partial charge is 0.481 e. The molecule has 2 rings (SSSR count). The van der Waals surface area contributed by atoms with Crippen molar-refractivity contribution in [1.29, 1.82) is 5.26 Å². The first kappa shape index (κ1) is 17.6. The molecule has 0 aliphatic rings. The van der Waals surface area contributed by atoms with Crippen molar-refractivity contribution in [3.8, 4) is 6.07 Å². The number of sulfonamides is 1. The number of hydrogen-bond acceptors (Lipinski definition) is 5. The van der Waals surface area contributed by atoms with E-state index in [4.69, 9.17) is 5.26 Å². The fourth-order valence-corrected chi connectivity index (χ4v) is 3.10. The third-order valence-electron chi connectivity index (χ3n) is 3.34. The Morgan fingerprint density at radius 3 is 2.50 bits per heavy atom. The molecule has 1 heterocycles. The molecule has 0 radical (unpaired) electrons. The predicted octanol–water partition coefficient (Wildman–Crippen LogP) is 1.18. The van der Waals surface area contributed by atoms with Gasteiger partial charge in [-0.25, -0.2) is 13.1 Å². The minimum atomic E-state index is -3.85. The van der Waals surface area contributed by atoms with Crippen molar-refractivity contribution in [1.82, 2.24) is 9.71 Å². The summed E-state index contributed by atoms with van der Waals surface area (Å²) in [7, 11) is -3.85. The first-order chi connectivity index (χ1) is 11.4. The molecule has 2 aromatic rings. The summed E-state index contributed by atoms with van der Waals surface area (Å²) < 4.78 is 26.7. The van der Waals surface area contributed by atoms with Crippen molar-refractivity contribution in [3.63, 3.8) is 0 Å². The molecule has 0 fully saturated rings. The molecule has 0 saturated carbocycles. The van der Waals surface area contributed by atoms with Gasteiger partial charge in [-0.3, -0.25) is 9.78 Å². The fraction of sp³-hybridized carbons (Fsp3) is 0.188. The van der Waals surface area contributed by atoms with Gasteiger partial charge in [0.05, 0.1) is 22.4 Å². The number of carboxylic acid groups (broad SMARTS) is 1. The molecule has 0 bridgehead atoms. The van der Waals surface area contributed by atoms with Crippen LogP contribution in [0.15, 0.2) is 53.6 Å². The lowest BCUT2D eigenvalue weighted by atomic mass is 10.0. The minimum absolute atomic E-state index is 0.0246. The van der Waals surface area contributed by atoms with Crippen LogP contribution in [-0.4, -0.2) is 31.0 Å². The normalized spacial score (nSPS) is 12.3. The molecule has 24 heavy (non-hydrogen) atoms. The molecule has 1 aromatic carbocycles. The lowest BCUT2D eigenvalue weighted by Crippen LogP contribution is -2.34. The Bertz CT molecular complexity index is 843. The zero-order valence-electron chi connectivity index (χ0n) is 12.6. The van der Waals surface area contributed by atoms with Crippen LogP contribution in [0.4, 0.5) is 0 Å². The Hall–Kier alpha value is -2.76. The third kappa shape index (κ3) is 4.62. The highest BCUT2D eigenvalue weighted by atomic mass is 32.2. The van der Waals surface area contributed by atoms with E-state index in [-0.39, 0.29) is 17.9 Å². The van der Waals surface area contributed by atoms with Gasteiger partial charge in [-0.05, 0) is 36.4 Å². The first-order valence-corrected chi connectivity index (χ1v) is 8.53. The molecular weight excluding hydrogens is 330 g/mol. The topological polar surface area (TPSA) is 120 Å². The highest BCUT2D eigenvalue weighted by molar-refractivity contribution is 7.89. The monoisotopic (exact) mass is 345 g/mol. The van der Waals surface area contributed by atoms with Crippen LogP contribution < -0.4 is 4.72 Å². The van der Waals surface area contributed by atoms with Crippen molar-refractivity contribution in [3.05, 3.63) is 59.9 Å². The first-order valence-electron chi connectivity index (χ1n) is 7.05. The van der Waals surface area contributed by atoms with Crippen molar-refractivity contribution >= 4 is 16.0 Å². The predicted molar refractivity (Wildman–Crippen MR) is 85.4 cm³/mol. The van der Waals surface area contributed by atoms with Crippen LogP contribution in [0, 0.1) is 17.2 Å². The van der Waals surface area contributed by atoms with Crippen molar-refractivity contribution in [2.75, 3.05) is 6.54 Å². The molecule has 0 spiro atoms.